The summed E-state index contributed by atoms with van der Waals surface area (Å²) in [7, 11) is 0. The highest BCUT2D eigenvalue weighted by Crippen LogP contribution is 2.35. The van der Waals surface area contributed by atoms with E-state index >= 15 is 0 Å². The van der Waals surface area contributed by atoms with E-state index < -0.39 is 42.1 Å². The maximum Gasteiger partial charge on any atom is 0.164 e. The lowest BCUT2D eigenvalue weighted by atomic mass is 10.0. The summed E-state index contributed by atoms with van der Waals surface area (Å²) in [6, 6.07) is 0. The minimum atomic E-state index is -0.914. The van der Waals surface area contributed by atoms with Gasteiger partial charge in [-0.1, -0.05) is 0 Å². The predicted molar refractivity (Wildman–Crippen MR) is 66.4 cm³/mol. The third-order valence-electron chi connectivity index (χ3n) is 3.39. The molecule has 2 N–H and O–H groups in total. The molecule has 0 aliphatic carbocycles. The SMILES string of the molecule is C[C@H](O)[C@H]1OC(C)(C)O[C@H]1[C@H](O)[C@@H]1COC(C)(C)O1. The van der Waals surface area contributed by atoms with E-state index in [1.807, 2.05) is 0 Å². The zero-order valence-corrected chi connectivity index (χ0v) is 12.1. The molecule has 0 amide bonds. The van der Waals surface area contributed by atoms with Crippen molar-refractivity contribution in [2.75, 3.05) is 6.61 Å². The van der Waals surface area contributed by atoms with Crippen LogP contribution in [0.2, 0.25) is 0 Å². The Morgan fingerprint density at radius 3 is 2.00 bits per heavy atom. The summed E-state index contributed by atoms with van der Waals surface area (Å²) in [4.78, 5) is 0. The summed E-state index contributed by atoms with van der Waals surface area (Å²) in [6.07, 6.45) is -3.37. The molecule has 0 bridgehead atoms. The van der Waals surface area contributed by atoms with Crippen molar-refractivity contribution in [3.63, 3.8) is 0 Å². The van der Waals surface area contributed by atoms with Gasteiger partial charge in [-0.3, -0.25) is 0 Å². The van der Waals surface area contributed by atoms with Gasteiger partial charge in [-0.05, 0) is 34.6 Å². The molecule has 2 aliphatic heterocycles. The minimum Gasteiger partial charge on any atom is -0.391 e. The van der Waals surface area contributed by atoms with Gasteiger partial charge in [0, 0.05) is 0 Å². The molecule has 19 heavy (non-hydrogen) atoms. The van der Waals surface area contributed by atoms with Crippen LogP contribution in [0.15, 0.2) is 0 Å². The van der Waals surface area contributed by atoms with Crippen molar-refractivity contribution in [1.29, 1.82) is 0 Å². The predicted octanol–water partition coefficient (Wildman–Crippen LogP) is 0.400. The largest absolute Gasteiger partial charge is 0.391 e. The van der Waals surface area contributed by atoms with Crippen LogP contribution in [0, 0.1) is 0 Å². The summed E-state index contributed by atoms with van der Waals surface area (Å²) in [6.45, 7) is 9.01. The average Bonchev–Trinajstić information content (AvgIpc) is 2.77. The maximum absolute atomic E-state index is 10.4. The van der Waals surface area contributed by atoms with E-state index in [1.54, 1.807) is 34.6 Å². The van der Waals surface area contributed by atoms with Gasteiger partial charge in [0.1, 0.15) is 24.4 Å². The van der Waals surface area contributed by atoms with Crippen LogP contribution < -0.4 is 0 Å². The Labute approximate surface area is 113 Å². The molecule has 2 aliphatic rings. The quantitative estimate of drug-likeness (QED) is 0.777. The first kappa shape index (κ1) is 15.2. The number of ether oxygens (including phenoxy) is 4. The fraction of sp³-hybridized carbons (Fsp3) is 1.00. The van der Waals surface area contributed by atoms with Crippen LogP contribution in [-0.2, 0) is 18.9 Å². The molecule has 0 unspecified atom stereocenters. The number of hydrogen-bond donors (Lipinski definition) is 2. The fourth-order valence-electron chi connectivity index (χ4n) is 2.55. The Kier molecular flexibility index (Phi) is 3.94. The highest BCUT2D eigenvalue weighted by Gasteiger charge is 2.51. The lowest BCUT2D eigenvalue weighted by Gasteiger charge is -2.27. The molecule has 112 valence electrons. The topological polar surface area (TPSA) is 77.4 Å². The van der Waals surface area contributed by atoms with Gasteiger partial charge in [-0.15, -0.1) is 0 Å². The van der Waals surface area contributed by atoms with E-state index in [0.717, 1.165) is 0 Å². The summed E-state index contributed by atoms with van der Waals surface area (Å²) >= 11 is 0. The van der Waals surface area contributed by atoms with Gasteiger partial charge in [0.25, 0.3) is 0 Å². The average molecular weight is 276 g/mol. The van der Waals surface area contributed by atoms with Gasteiger partial charge in [-0.2, -0.15) is 0 Å². The van der Waals surface area contributed by atoms with Gasteiger partial charge in [-0.25, -0.2) is 0 Å². The number of hydrogen-bond acceptors (Lipinski definition) is 6. The normalized spacial score (nSPS) is 40.3. The second kappa shape index (κ2) is 4.95. The Bertz CT molecular complexity index is 327. The molecule has 2 rings (SSSR count). The molecule has 2 fully saturated rings. The molecule has 2 heterocycles. The Morgan fingerprint density at radius 2 is 1.53 bits per heavy atom. The van der Waals surface area contributed by atoms with Crippen LogP contribution in [0.25, 0.3) is 0 Å². The van der Waals surface area contributed by atoms with Crippen molar-refractivity contribution in [3.8, 4) is 0 Å². The molecule has 0 aromatic rings. The maximum atomic E-state index is 10.4. The first-order chi connectivity index (χ1) is 8.61. The molecule has 0 spiro atoms. The molecule has 0 aromatic heterocycles. The second-order valence-corrected chi connectivity index (χ2v) is 6.16. The van der Waals surface area contributed by atoms with Gasteiger partial charge in [0.05, 0.1) is 12.7 Å². The van der Waals surface area contributed by atoms with E-state index in [4.69, 9.17) is 18.9 Å². The van der Waals surface area contributed by atoms with Crippen LogP contribution in [0.3, 0.4) is 0 Å². The zero-order chi connectivity index (χ0) is 14.4. The summed E-state index contributed by atoms with van der Waals surface area (Å²) in [5.74, 6) is -1.54. The standard InChI is InChI=1S/C13H24O6/c1-7(14)10-11(19-13(4,5)18-10)9(15)8-6-16-12(2,3)17-8/h7-11,14-15H,6H2,1-5H3/t7-,8-,9+,10+,11-/m0/s1. The van der Waals surface area contributed by atoms with Crippen molar-refractivity contribution in [1.82, 2.24) is 0 Å². The Morgan fingerprint density at radius 1 is 0.947 bits per heavy atom. The van der Waals surface area contributed by atoms with E-state index in [1.165, 1.54) is 0 Å². The van der Waals surface area contributed by atoms with Gasteiger partial charge < -0.3 is 29.2 Å². The van der Waals surface area contributed by atoms with Crippen LogP contribution in [-0.4, -0.2) is 58.9 Å². The molecule has 2 saturated heterocycles. The minimum absolute atomic E-state index is 0.293. The molecule has 0 radical (unpaired) electrons. The van der Waals surface area contributed by atoms with E-state index in [-0.39, 0.29) is 0 Å². The van der Waals surface area contributed by atoms with Crippen molar-refractivity contribution >= 4 is 0 Å². The van der Waals surface area contributed by atoms with Crippen LogP contribution in [0.5, 0.6) is 0 Å². The van der Waals surface area contributed by atoms with Crippen molar-refractivity contribution in [2.24, 2.45) is 0 Å². The summed E-state index contributed by atoms with van der Waals surface area (Å²) in [5.41, 5.74) is 0. The smallest absolute Gasteiger partial charge is 0.164 e. The molecule has 6 nitrogen and oxygen atoms in total. The molecule has 5 atom stereocenters. The van der Waals surface area contributed by atoms with Gasteiger partial charge in [0.15, 0.2) is 11.6 Å². The third kappa shape index (κ3) is 3.26. The lowest BCUT2D eigenvalue weighted by molar-refractivity contribution is -0.179. The lowest BCUT2D eigenvalue weighted by Crippen LogP contribution is -2.47. The second-order valence-electron chi connectivity index (χ2n) is 6.16. The fourth-order valence-corrected chi connectivity index (χ4v) is 2.55. The number of rotatable bonds is 3. The van der Waals surface area contributed by atoms with Gasteiger partial charge in [0.2, 0.25) is 0 Å². The monoisotopic (exact) mass is 276 g/mol. The number of aliphatic hydroxyl groups is 2. The van der Waals surface area contributed by atoms with E-state index in [9.17, 15) is 10.2 Å². The van der Waals surface area contributed by atoms with Crippen LogP contribution in [0.1, 0.15) is 34.6 Å². The molecule has 6 heteroatoms. The zero-order valence-electron chi connectivity index (χ0n) is 12.1. The Balaban J connectivity index is 2.07. The highest BCUT2D eigenvalue weighted by molar-refractivity contribution is 4.94. The first-order valence-corrected chi connectivity index (χ1v) is 6.65. The van der Waals surface area contributed by atoms with Crippen molar-refractivity contribution in [3.05, 3.63) is 0 Å². The number of aliphatic hydroxyl groups excluding tert-OH is 2. The van der Waals surface area contributed by atoms with E-state index in [2.05, 4.69) is 0 Å². The molecular formula is C13H24O6. The molecule has 0 saturated carbocycles. The highest BCUT2D eigenvalue weighted by atomic mass is 16.8. The Hall–Kier alpha value is -0.240. The van der Waals surface area contributed by atoms with Crippen molar-refractivity contribution < 1.29 is 29.2 Å². The van der Waals surface area contributed by atoms with E-state index in [0.29, 0.717) is 6.61 Å². The van der Waals surface area contributed by atoms with Crippen molar-refractivity contribution in [2.45, 2.75) is 76.7 Å². The third-order valence-corrected chi connectivity index (χ3v) is 3.39. The summed E-state index contributed by atoms with van der Waals surface area (Å²) < 4.78 is 22.4. The first-order valence-electron chi connectivity index (χ1n) is 6.65. The van der Waals surface area contributed by atoms with Gasteiger partial charge >= 0.3 is 0 Å². The molecule has 0 aromatic carbocycles. The van der Waals surface area contributed by atoms with Crippen LogP contribution >= 0.6 is 0 Å². The summed E-state index contributed by atoms with van der Waals surface area (Å²) in [5, 5.41) is 20.2. The van der Waals surface area contributed by atoms with Crippen LogP contribution in [0.4, 0.5) is 0 Å². The molecular weight excluding hydrogens is 252 g/mol.